The Morgan fingerprint density at radius 1 is 1.22 bits per heavy atom. The van der Waals surface area contributed by atoms with Crippen LogP contribution in [0.1, 0.15) is 12.8 Å². The van der Waals surface area contributed by atoms with Crippen LogP contribution in [0, 0.1) is 5.92 Å². The van der Waals surface area contributed by atoms with Crippen LogP contribution in [0.2, 0.25) is 0 Å². The van der Waals surface area contributed by atoms with Crippen molar-refractivity contribution in [3.05, 3.63) is 24.3 Å². The van der Waals surface area contributed by atoms with Gasteiger partial charge in [0.25, 0.3) is 0 Å². The maximum Gasteiger partial charge on any atom is 0.229 e. The molecule has 148 valence electrons. The summed E-state index contributed by atoms with van der Waals surface area (Å²) >= 11 is 0. The van der Waals surface area contributed by atoms with E-state index in [1.807, 2.05) is 43.3 Å². The minimum absolute atomic E-state index is 0.0717. The zero-order chi connectivity index (χ0) is 19.2. The topological polar surface area (TPSA) is 65.1 Å². The lowest BCUT2D eigenvalue weighted by molar-refractivity contribution is -0.128. The predicted molar refractivity (Wildman–Crippen MR) is 106 cm³/mol. The smallest absolute Gasteiger partial charge is 0.229 e. The van der Waals surface area contributed by atoms with Crippen molar-refractivity contribution < 1.29 is 14.3 Å². The van der Waals surface area contributed by atoms with E-state index >= 15 is 0 Å². The molecule has 0 bridgehead atoms. The number of benzene rings is 1. The highest BCUT2D eigenvalue weighted by Gasteiger charge is 2.33. The molecule has 0 aromatic heterocycles. The summed E-state index contributed by atoms with van der Waals surface area (Å²) in [5.41, 5.74) is 1.91. The highest BCUT2D eigenvalue weighted by atomic mass is 16.5. The molecule has 0 radical (unpaired) electrons. The summed E-state index contributed by atoms with van der Waals surface area (Å²) in [7, 11) is 4.04. The second-order valence-corrected chi connectivity index (χ2v) is 7.53. The Morgan fingerprint density at radius 2 is 1.93 bits per heavy atom. The van der Waals surface area contributed by atoms with Crippen LogP contribution in [0.4, 0.5) is 11.4 Å². The summed E-state index contributed by atoms with van der Waals surface area (Å²) in [6.07, 6.45) is 1.23. The Balaban J connectivity index is 1.49. The number of hydrogen-bond donors (Lipinski definition) is 1. The fraction of sp³-hybridized carbons (Fsp3) is 0.600. The third-order valence-corrected chi connectivity index (χ3v) is 5.13. The molecule has 7 nitrogen and oxygen atoms in total. The summed E-state index contributed by atoms with van der Waals surface area (Å²) in [6.45, 7) is 5.45. The van der Waals surface area contributed by atoms with Crippen molar-refractivity contribution in [3.8, 4) is 0 Å². The molecule has 2 fully saturated rings. The predicted octanol–water partition coefficient (Wildman–Crippen LogP) is 1.26. The van der Waals surface area contributed by atoms with Crippen molar-refractivity contribution in [1.82, 2.24) is 9.80 Å². The number of carbonyl (C=O) groups excluding carboxylic acids is 2. The van der Waals surface area contributed by atoms with Crippen LogP contribution in [-0.2, 0) is 14.3 Å². The van der Waals surface area contributed by atoms with Gasteiger partial charge in [0.1, 0.15) is 0 Å². The Bertz CT molecular complexity index is 641. The standard InChI is InChI=1S/C20H30N4O3/c1-22(2)8-3-9-24-15-16(14-19(24)25)20(26)21-17-4-6-18(7-5-17)23-10-12-27-13-11-23/h4-7,16H,3,8-15H2,1-2H3,(H,21,26). The fourth-order valence-electron chi connectivity index (χ4n) is 3.56. The molecule has 2 aliphatic heterocycles. The Kier molecular flexibility index (Phi) is 6.68. The molecule has 1 aromatic rings. The summed E-state index contributed by atoms with van der Waals surface area (Å²) in [4.78, 5) is 30.9. The summed E-state index contributed by atoms with van der Waals surface area (Å²) in [6, 6.07) is 7.89. The number of rotatable bonds is 7. The van der Waals surface area contributed by atoms with Crippen LogP contribution in [0.5, 0.6) is 0 Å². The van der Waals surface area contributed by atoms with Gasteiger partial charge >= 0.3 is 0 Å². The molecule has 1 atom stereocenters. The van der Waals surface area contributed by atoms with E-state index in [1.165, 1.54) is 0 Å². The van der Waals surface area contributed by atoms with E-state index in [0.717, 1.165) is 57.2 Å². The first-order valence-corrected chi connectivity index (χ1v) is 9.69. The van der Waals surface area contributed by atoms with Crippen LogP contribution in [0.25, 0.3) is 0 Å². The average Bonchev–Trinajstić information content (AvgIpc) is 3.04. The van der Waals surface area contributed by atoms with Crippen LogP contribution in [-0.4, -0.2) is 81.6 Å². The molecule has 1 unspecified atom stereocenters. The van der Waals surface area contributed by atoms with Gasteiger partial charge in [0.15, 0.2) is 0 Å². The molecule has 3 rings (SSSR count). The minimum Gasteiger partial charge on any atom is -0.378 e. The third kappa shape index (κ3) is 5.43. The highest BCUT2D eigenvalue weighted by Crippen LogP contribution is 2.22. The molecular formula is C20H30N4O3. The lowest BCUT2D eigenvalue weighted by Gasteiger charge is -2.28. The maximum absolute atomic E-state index is 12.5. The van der Waals surface area contributed by atoms with E-state index in [-0.39, 0.29) is 17.7 Å². The first-order chi connectivity index (χ1) is 13.0. The lowest BCUT2D eigenvalue weighted by atomic mass is 10.1. The summed E-state index contributed by atoms with van der Waals surface area (Å²) < 4.78 is 5.38. The molecule has 7 heteroatoms. The van der Waals surface area contributed by atoms with Gasteiger partial charge < -0.3 is 24.8 Å². The van der Waals surface area contributed by atoms with Gasteiger partial charge in [-0.2, -0.15) is 0 Å². The molecule has 2 amide bonds. The van der Waals surface area contributed by atoms with Gasteiger partial charge in [-0.1, -0.05) is 0 Å². The molecule has 2 aliphatic rings. The van der Waals surface area contributed by atoms with Crippen LogP contribution in [0.3, 0.4) is 0 Å². The van der Waals surface area contributed by atoms with Gasteiger partial charge in [0.05, 0.1) is 19.1 Å². The van der Waals surface area contributed by atoms with E-state index in [0.29, 0.717) is 13.0 Å². The number of morpholine rings is 1. The van der Waals surface area contributed by atoms with Gasteiger partial charge in [-0.3, -0.25) is 9.59 Å². The van der Waals surface area contributed by atoms with Gasteiger partial charge in [-0.15, -0.1) is 0 Å². The summed E-state index contributed by atoms with van der Waals surface area (Å²) in [5, 5.41) is 2.96. The van der Waals surface area contributed by atoms with E-state index in [1.54, 1.807) is 0 Å². The number of likely N-dealkylation sites (tertiary alicyclic amines) is 1. The number of hydrogen-bond acceptors (Lipinski definition) is 5. The van der Waals surface area contributed by atoms with Crippen molar-refractivity contribution in [3.63, 3.8) is 0 Å². The van der Waals surface area contributed by atoms with Gasteiger partial charge in [-0.05, 0) is 51.3 Å². The maximum atomic E-state index is 12.5. The van der Waals surface area contributed by atoms with Gasteiger partial charge in [0.2, 0.25) is 11.8 Å². The quantitative estimate of drug-likeness (QED) is 0.779. The second-order valence-electron chi connectivity index (χ2n) is 7.53. The zero-order valence-electron chi connectivity index (χ0n) is 16.3. The monoisotopic (exact) mass is 374 g/mol. The number of anilines is 2. The van der Waals surface area contributed by atoms with Crippen LogP contribution >= 0.6 is 0 Å². The van der Waals surface area contributed by atoms with Crippen molar-refractivity contribution in [2.75, 3.05) is 70.2 Å². The summed E-state index contributed by atoms with van der Waals surface area (Å²) in [5.74, 6) is -0.259. The molecule has 27 heavy (non-hydrogen) atoms. The van der Waals surface area contributed by atoms with E-state index in [2.05, 4.69) is 15.1 Å². The molecule has 1 aromatic carbocycles. The largest absolute Gasteiger partial charge is 0.378 e. The Labute approximate surface area is 161 Å². The number of carbonyl (C=O) groups is 2. The molecule has 2 heterocycles. The van der Waals surface area contributed by atoms with Crippen molar-refractivity contribution >= 4 is 23.2 Å². The number of nitrogens with zero attached hydrogens (tertiary/aromatic N) is 3. The van der Waals surface area contributed by atoms with Crippen LogP contribution in [0.15, 0.2) is 24.3 Å². The Hall–Kier alpha value is -2.12. The molecule has 2 saturated heterocycles. The van der Waals surface area contributed by atoms with Crippen molar-refractivity contribution in [2.24, 2.45) is 5.92 Å². The van der Waals surface area contributed by atoms with E-state index < -0.39 is 0 Å². The van der Waals surface area contributed by atoms with Crippen molar-refractivity contribution in [2.45, 2.75) is 12.8 Å². The number of nitrogens with one attached hydrogen (secondary N) is 1. The van der Waals surface area contributed by atoms with E-state index in [4.69, 9.17) is 4.74 Å². The first kappa shape index (κ1) is 19.6. The third-order valence-electron chi connectivity index (χ3n) is 5.13. The molecule has 0 saturated carbocycles. The highest BCUT2D eigenvalue weighted by molar-refractivity contribution is 5.97. The molecule has 0 aliphatic carbocycles. The van der Waals surface area contributed by atoms with E-state index in [9.17, 15) is 9.59 Å². The zero-order valence-corrected chi connectivity index (χ0v) is 16.3. The van der Waals surface area contributed by atoms with Gasteiger partial charge in [-0.25, -0.2) is 0 Å². The SMILES string of the molecule is CN(C)CCCN1CC(C(=O)Nc2ccc(N3CCOCC3)cc2)CC1=O. The molecule has 0 spiro atoms. The van der Waals surface area contributed by atoms with Gasteiger partial charge in [0, 0.05) is 44.0 Å². The fourth-order valence-corrected chi connectivity index (χ4v) is 3.56. The second kappa shape index (κ2) is 9.19. The average molecular weight is 374 g/mol. The molecular weight excluding hydrogens is 344 g/mol. The number of amides is 2. The Morgan fingerprint density at radius 3 is 2.59 bits per heavy atom. The normalized spacial score (nSPS) is 20.4. The molecule has 1 N–H and O–H groups in total. The number of ether oxygens (including phenoxy) is 1. The van der Waals surface area contributed by atoms with Crippen molar-refractivity contribution in [1.29, 1.82) is 0 Å². The minimum atomic E-state index is -0.268. The first-order valence-electron chi connectivity index (χ1n) is 9.69. The lowest BCUT2D eigenvalue weighted by Crippen LogP contribution is -2.36. The van der Waals surface area contributed by atoms with Crippen LogP contribution < -0.4 is 10.2 Å².